The van der Waals surface area contributed by atoms with Crippen molar-refractivity contribution in [2.24, 2.45) is 0 Å². The van der Waals surface area contributed by atoms with E-state index in [2.05, 4.69) is 65.1 Å². The minimum Gasteiger partial charge on any atom is -0.497 e. The van der Waals surface area contributed by atoms with Gasteiger partial charge in [-0.05, 0) is 86.6 Å². The Morgan fingerprint density at radius 3 is 2.22 bits per heavy atom. The zero-order chi connectivity index (χ0) is 28.6. The minimum absolute atomic E-state index is 0.0329. The molecule has 0 aliphatic carbocycles. The van der Waals surface area contributed by atoms with Crippen LogP contribution in [0.15, 0.2) is 78.9 Å². The van der Waals surface area contributed by atoms with Crippen molar-refractivity contribution in [3.8, 4) is 17.6 Å². The molecule has 2 aliphatic rings. The molecule has 3 unspecified atom stereocenters. The maximum absolute atomic E-state index is 13.4. The lowest BCUT2D eigenvalue weighted by atomic mass is 9.73. The van der Waals surface area contributed by atoms with Crippen LogP contribution in [0.2, 0.25) is 0 Å². The Bertz CT molecular complexity index is 1330. The van der Waals surface area contributed by atoms with Crippen LogP contribution in [0.1, 0.15) is 49.3 Å². The van der Waals surface area contributed by atoms with Crippen molar-refractivity contribution >= 4 is 11.7 Å². The number of benzene rings is 3. The number of carbonyl (C=O) groups excluding carboxylic acids is 1. The van der Waals surface area contributed by atoms with Crippen molar-refractivity contribution in [2.45, 2.75) is 44.7 Å². The summed E-state index contributed by atoms with van der Waals surface area (Å²) in [5, 5.41) is 3.11. The van der Waals surface area contributed by atoms with Crippen molar-refractivity contribution in [3.05, 3.63) is 95.6 Å². The summed E-state index contributed by atoms with van der Waals surface area (Å²) >= 11 is 0. The Labute approximate surface area is 245 Å². The van der Waals surface area contributed by atoms with E-state index in [9.17, 15) is 4.79 Å². The maximum atomic E-state index is 13.4. The van der Waals surface area contributed by atoms with Gasteiger partial charge >= 0.3 is 6.03 Å². The lowest BCUT2D eigenvalue weighted by molar-refractivity contribution is -0.0486. The number of likely N-dealkylation sites (N-methyl/N-ethyl adjacent to an activating group) is 1. The smallest absolute Gasteiger partial charge is 0.321 e. The minimum atomic E-state index is -0.0329. The third-order valence-corrected chi connectivity index (χ3v) is 8.57. The Morgan fingerprint density at radius 2 is 1.56 bits per heavy atom. The number of urea groups is 1. The summed E-state index contributed by atoms with van der Waals surface area (Å²) in [5.74, 6) is 7.72. The fourth-order valence-corrected chi connectivity index (χ4v) is 6.20. The molecule has 5 rings (SSSR count). The van der Waals surface area contributed by atoms with Crippen LogP contribution >= 0.6 is 0 Å². The quantitative estimate of drug-likeness (QED) is 0.372. The molecule has 2 amide bonds. The highest BCUT2D eigenvalue weighted by molar-refractivity contribution is 5.89. The van der Waals surface area contributed by atoms with Gasteiger partial charge in [0.1, 0.15) is 5.75 Å². The second kappa shape index (κ2) is 13.7. The van der Waals surface area contributed by atoms with E-state index in [1.54, 1.807) is 7.11 Å². The van der Waals surface area contributed by atoms with Gasteiger partial charge in [-0.1, -0.05) is 56.0 Å². The van der Waals surface area contributed by atoms with Gasteiger partial charge in [-0.2, -0.15) is 0 Å². The van der Waals surface area contributed by atoms with E-state index in [0.29, 0.717) is 18.0 Å². The van der Waals surface area contributed by atoms with E-state index < -0.39 is 0 Å². The Hall–Kier alpha value is -3.79. The molecular weight excluding hydrogens is 508 g/mol. The molecule has 3 aromatic carbocycles. The first-order valence-corrected chi connectivity index (χ1v) is 14.9. The highest BCUT2D eigenvalue weighted by atomic mass is 16.5. The van der Waals surface area contributed by atoms with Gasteiger partial charge in [0.05, 0.1) is 7.11 Å². The van der Waals surface area contributed by atoms with Crippen LogP contribution < -0.4 is 10.1 Å². The van der Waals surface area contributed by atoms with E-state index in [1.807, 2.05) is 59.5 Å². The van der Waals surface area contributed by atoms with Crippen LogP contribution in [0.5, 0.6) is 5.75 Å². The van der Waals surface area contributed by atoms with Gasteiger partial charge in [-0.15, -0.1) is 0 Å². The Balaban J connectivity index is 1.35. The molecule has 41 heavy (non-hydrogen) atoms. The number of hydrogen-bond acceptors (Lipinski definition) is 4. The van der Waals surface area contributed by atoms with Crippen LogP contribution in [0.4, 0.5) is 10.5 Å². The van der Waals surface area contributed by atoms with E-state index in [4.69, 9.17) is 4.74 Å². The van der Waals surface area contributed by atoms with Gasteiger partial charge in [0, 0.05) is 54.5 Å². The number of ether oxygens (including phenoxy) is 1. The molecule has 0 spiro atoms. The molecule has 3 aromatic rings. The van der Waals surface area contributed by atoms with Crippen LogP contribution in [-0.2, 0) is 0 Å². The number of carbonyl (C=O) groups is 1. The largest absolute Gasteiger partial charge is 0.497 e. The number of fused-ring (bicyclic) bond motifs is 1. The summed E-state index contributed by atoms with van der Waals surface area (Å²) in [6.07, 6.45) is 2.11. The number of rotatable bonds is 7. The first-order valence-electron chi connectivity index (χ1n) is 14.9. The van der Waals surface area contributed by atoms with Gasteiger partial charge in [-0.25, -0.2) is 4.79 Å². The molecule has 6 nitrogen and oxygen atoms in total. The van der Waals surface area contributed by atoms with Crippen LogP contribution in [-0.4, -0.2) is 79.2 Å². The molecule has 214 valence electrons. The van der Waals surface area contributed by atoms with E-state index in [0.717, 1.165) is 74.7 Å². The molecule has 3 atom stereocenters. The summed E-state index contributed by atoms with van der Waals surface area (Å²) in [4.78, 5) is 20.6. The summed E-state index contributed by atoms with van der Waals surface area (Å²) in [5.41, 5.74) is 4.16. The number of anilines is 1. The van der Waals surface area contributed by atoms with Crippen LogP contribution in [0.25, 0.3) is 0 Å². The monoisotopic (exact) mass is 550 g/mol. The molecule has 2 heterocycles. The summed E-state index contributed by atoms with van der Waals surface area (Å²) in [6, 6.07) is 27.1. The fourth-order valence-electron chi connectivity index (χ4n) is 6.20. The second-order valence-corrected chi connectivity index (χ2v) is 10.9. The second-order valence-electron chi connectivity index (χ2n) is 10.9. The highest BCUT2D eigenvalue weighted by Crippen LogP contribution is 2.42. The molecule has 2 aliphatic heterocycles. The highest BCUT2D eigenvalue weighted by Gasteiger charge is 2.50. The first kappa shape index (κ1) is 28.7. The molecule has 0 bridgehead atoms. The topological polar surface area (TPSA) is 48.1 Å². The normalized spacial score (nSPS) is 20.6. The van der Waals surface area contributed by atoms with Crippen molar-refractivity contribution in [2.75, 3.05) is 51.7 Å². The average Bonchev–Trinajstić information content (AvgIpc) is 3.00. The van der Waals surface area contributed by atoms with Crippen LogP contribution in [0, 0.1) is 11.8 Å². The van der Waals surface area contributed by atoms with Crippen molar-refractivity contribution in [1.29, 1.82) is 0 Å². The number of nitrogens with zero attached hydrogens (tertiary/aromatic N) is 3. The molecule has 6 heteroatoms. The van der Waals surface area contributed by atoms with Crippen molar-refractivity contribution in [1.82, 2.24) is 14.7 Å². The molecule has 0 saturated carbocycles. The lowest BCUT2D eigenvalue weighted by Crippen LogP contribution is -2.69. The summed E-state index contributed by atoms with van der Waals surface area (Å²) in [6.45, 7) is 10.2. The summed E-state index contributed by atoms with van der Waals surface area (Å²) in [7, 11) is 1.65. The number of methoxy groups -OCH3 is 1. The van der Waals surface area contributed by atoms with Gasteiger partial charge in [-0.3, -0.25) is 4.90 Å². The molecule has 2 fully saturated rings. The average molecular weight is 551 g/mol. The Kier molecular flexibility index (Phi) is 9.61. The molecule has 0 radical (unpaired) electrons. The molecule has 0 aromatic heterocycles. The number of amides is 2. The standard InChI is InChI=1S/C35H42N4O2/c1-4-37(5-2)25-32-34(29-17-15-28(16-18-29)14-13-27-11-7-6-8-12-27)33-26-38(23-9-10-24-39(32)33)35(40)36-30-19-21-31(41-3)22-20-30/h6-8,11-12,15-22,32-34H,4-5,9-10,23-26H2,1-3H3,(H,36,40). The fraction of sp³-hybridized carbons (Fsp3) is 0.400. The number of hydrogen-bond donors (Lipinski definition) is 1. The zero-order valence-corrected chi connectivity index (χ0v) is 24.6. The van der Waals surface area contributed by atoms with Crippen molar-refractivity contribution in [3.63, 3.8) is 0 Å². The molecule has 2 saturated heterocycles. The Morgan fingerprint density at radius 1 is 0.902 bits per heavy atom. The third-order valence-electron chi connectivity index (χ3n) is 8.57. The molecular formula is C35H42N4O2. The maximum Gasteiger partial charge on any atom is 0.321 e. The van der Waals surface area contributed by atoms with Gasteiger partial charge < -0.3 is 19.9 Å². The van der Waals surface area contributed by atoms with E-state index >= 15 is 0 Å². The first-order chi connectivity index (χ1) is 20.1. The van der Waals surface area contributed by atoms with Gasteiger partial charge in [0.25, 0.3) is 0 Å². The van der Waals surface area contributed by atoms with E-state index in [1.165, 1.54) is 5.56 Å². The van der Waals surface area contributed by atoms with Crippen molar-refractivity contribution < 1.29 is 9.53 Å². The van der Waals surface area contributed by atoms with E-state index in [-0.39, 0.29) is 6.03 Å². The molecule has 1 N–H and O–H groups in total. The van der Waals surface area contributed by atoms with Crippen LogP contribution in [0.3, 0.4) is 0 Å². The predicted molar refractivity (Wildman–Crippen MR) is 166 cm³/mol. The lowest BCUT2D eigenvalue weighted by Gasteiger charge is -2.58. The SMILES string of the molecule is CCN(CC)CC1C(c2ccc(C#Cc3ccccc3)cc2)C2CN(C(=O)Nc3ccc(OC)cc3)CCCCN12. The van der Waals surface area contributed by atoms with Gasteiger partial charge in [0.15, 0.2) is 0 Å². The number of nitrogens with one attached hydrogen (secondary N) is 1. The third kappa shape index (κ3) is 6.93. The van der Waals surface area contributed by atoms with Gasteiger partial charge in [0.2, 0.25) is 0 Å². The summed E-state index contributed by atoms with van der Waals surface area (Å²) < 4.78 is 5.26. The predicted octanol–water partition coefficient (Wildman–Crippen LogP) is 5.90. The zero-order valence-electron chi connectivity index (χ0n) is 24.6.